The van der Waals surface area contributed by atoms with Crippen LogP contribution >= 0.6 is 0 Å². The second-order valence-electron chi connectivity index (χ2n) is 6.80. The number of hydrogen-bond acceptors (Lipinski definition) is 5. The molecule has 0 saturated carbocycles. The van der Waals surface area contributed by atoms with E-state index in [0.717, 1.165) is 32.1 Å². The molecule has 0 radical (unpaired) electrons. The molecule has 0 fully saturated rings. The summed E-state index contributed by atoms with van der Waals surface area (Å²) in [6.45, 7) is 7.98. The Balaban J connectivity index is 4.14. The van der Waals surface area contributed by atoms with Gasteiger partial charge in [-0.05, 0) is 92.8 Å². The molecule has 6 heteroatoms. The lowest BCUT2D eigenvalue weighted by Gasteiger charge is -2.27. The zero-order valence-electron chi connectivity index (χ0n) is 16.0. The summed E-state index contributed by atoms with van der Waals surface area (Å²) in [5, 5.41) is 0. The molecule has 22 heavy (non-hydrogen) atoms. The minimum absolute atomic E-state index is 1.07. The Bertz CT molecular complexity index is 248. The summed E-state index contributed by atoms with van der Waals surface area (Å²) in [6, 6.07) is 1.07. The van der Waals surface area contributed by atoms with Crippen molar-refractivity contribution < 1.29 is 8.85 Å². The monoisotopic (exact) mass is 333 g/mol. The van der Waals surface area contributed by atoms with Gasteiger partial charge in [0.2, 0.25) is 0 Å². The van der Waals surface area contributed by atoms with Crippen molar-refractivity contribution >= 4 is 8.56 Å². The minimum Gasteiger partial charge on any atom is -0.398 e. The van der Waals surface area contributed by atoms with Crippen LogP contribution in [0.25, 0.3) is 0 Å². The first-order chi connectivity index (χ1) is 10.3. The third-order valence-electron chi connectivity index (χ3n) is 4.13. The summed E-state index contributed by atoms with van der Waals surface area (Å²) < 4.78 is 11.2. The Kier molecular flexibility index (Phi) is 12.5. The Labute approximate surface area is 139 Å². The van der Waals surface area contributed by atoms with Crippen LogP contribution in [-0.4, -0.2) is 98.4 Å². The Morgan fingerprint density at radius 1 is 0.682 bits per heavy atom. The molecule has 0 aliphatic carbocycles. The molecule has 0 aromatic rings. The van der Waals surface area contributed by atoms with Gasteiger partial charge in [0.15, 0.2) is 0 Å². The lowest BCUT2D eigenvalue weighted by Crippen LogP contribution is -2.37. The molecule has 0 aliphatic rings. The lowest BCUT2D eigenvalue weighted by molar-refractivity contribution is 0.227. The standard InChI is InChI=1S/C16H39N3O2Si/c1-17(2)11-8-13-19(14-9-12-18(3)4)15-10-16-22(7,20-5)21-6/h8-16H2,1-7H3. The molecular weight excluding hydrogens is 294 g/mol. The van der Waals surface area contributed by atoms with Crippen molar-refractivity contribution in [2.45, 2.75) is 31.9 Å². The maximum atomic E-state index is 5.58. The van der Waals surface area contributed by atoms with Gasteiger partial charge < -0.3 is 23.6 Å². The normalized spacial score (nSPS) is 12.8. The maximum absolute atomic E-state index is 5.58. The molecule has 0 amide bonds. The first-order valence-corrected chi connectivity index (χ1v) is 11.0. The fourth-order valence-corrected chi connectivity index (χ4v) is 3.84. The van der Waals surface area contributed by atoms with Gasteiger partial charge in [-0.1, -0.05) is 0 Å². The van der Waals surface area contributed by atoms with Crippen molar-refractivity contribution in [3.8, 4) is 0 Å². The fourth-order valence-electron chi connectivity index (χ4n) is 2.47. The SMILES string of the molecule is CO[Si](C)(CCCN(CCCN(C)C)CCCN(C)C)OC. The summed E-state index contributed by atoms with van der Waals surface area (Å²) in [4.78, 5) is 7.13. The third-order valence-corrected chi connectivity index (χ3v) is 7.12. The van der Waals surface area contributed by atoms with Gasteiger partial charge in [0, 0.05) is 14.2 Å². The Morgan fingerprint density at radius 3 is 1.45 bits per heavy atom. The fraction of sp³-hybridized carbons (Fsp3) is 1.00. The topological polar surface area (TPSA) is 28.2 Å². The third kappa shape index (κ3) is 11.6. The van der Waals surface area contributed by atoms with E-state index < -0.39 is 8.56 Å². The first-order valence-electron chi connectivity index (χ1n) is 8.45. The first kappa shape index (κ1) is 22.0. The molecule has 0 aromatic heterocycles. The van der Waals surface area contributed by atoms with Crippen LogP contribution in [0.3, 0.4) is 0 Å². The van der Waals surface area contributed by atoms with E-state index in [4.69, 9.17) is 8.85 Å². The highest BCUT2D eigenvalue weighted by Crippen LogP contribution is 2.14. The van der Waals surface area contributed by atoms with Crippen LogP contribution in [0.2, 0.25) is 12.6 Å². The van der Waals surface area contributed by atoms with Gasteiger partial charge >= 0.3 is 8.56 Å². The molecule has 0 unspecified atom stereocenters. The average Bonchev–Trinajstić information content (AvgIpc) is 2.45. The van der Waals surface area contributed by atoms with Crippen LogP contribution in [0.4, 0.5) is 0 Å². The summed E-state index contributed by atoms with van der Waals surface area (Å²) in [5.41, 5.74) is 0. The molecule has 0 aromatic carbocycles. The molecule has 0 bridgehead atoms. The molecule has 0 atom stereocenters. The van der Waals surface area contributed by atoms with Crippen LogP contribution in [0.15, 0.2) is 0 Å². The predicted octanol–water partition coefficient (Wildman–Crippen LogP) is 1.95. The van der Waals surface area contributed by atoms with Gasteiger partial charge in [0.1, 0.15) is 0 Å². The van der Waals surface area contributed by atoms with Gasteiger partial charge in [-0.3, -0.25) is 0 Å². The summed E-state index contributed by atoms with van der Waals surface area (Å²) in [5.74, 6) is 0. The van der Waals surface area contributed by atoms with Crippen molar-refractivity contribution in [2.24, 2.45) is 0 Å². The molecule has 0 spiro atoms. The quantitative estimate of drug-likeness (QED) is 0.453. The summed E-state index contributed by atoms with van der Waals surface area (Å²) in [7, 11) is 10.2. The van der Waals surface area contributed by atoms with Crippen molar-refractivity contribution in [1.29, 1.82) is 0 Å². The maximum Gasteiger partial charge on any atom is 0.334 e. The van der Waals surface area contributed by atoms with Crippen molar-refractivity contribution in [1.82, 2.24) is 14.7 Å². The molecule has 0 aliphatic heterocycles. The van der Waals surface area contributed by atoms with Crippen molar-refractivity contribution in [2.75, 3.05) is 75.1 Å². The van der Waals surface area contributed by atoms with Gasteiger partial charge in [-0.15, -0.1) is 0 Å². The highest BCUT2D eigenvalue weighted by molar-refractivity contribution is 6.65. The molecular formula is C16H39N3O2Si. The van der Waals surface area contributed by atoms with Crippen LogP contribution in [0.5, 0.6) is 0 Å². The van der Waals surface area contributed by atoms with E-state index in [2.05, 4.69) is 49.4 Å². The number of rotatable bonds is 14. The Hall–Kier alpha value is 0.0169. The largest absolute Gasteiger partial charge is 0.398 e. The van der Waals surface area contributed by atoms with E-state index in [1.54, 1.807) is 14.2 Å². The molecule has 0 rings (SSSR count). The van der Waals surface area contributed by atoms with E-state index >= 15 is 0 Å². The lowest BCUT2D eigenvalue weighted by atomic mass is 10.3. The van der Waals surface area contributed by atoms with Gasteiger partial charge in [-0.2, -0.15) is 0 Å². The highest BCUT2D eigenvalue weighted by Gasteiger charge is 2.27. The van der Waals surface area contributed by atoms with Crippen LogP contribution in [-0.2, 0) is 8.85 Å². The van der Waals surface area contributed by atoms with E-state index in [1.807, 2.05) is 0 Å². The summed E-state index contributed by atoms with van der Waals surface area (Å²) >= 11 is 0. The van der Waals surface area contributed by atoms with Gasteiger partial charge in [0.05, 0.1) is 0 Å². The second-order valence-corrected chi connectivity index (χ2v) is 10.4. The van der Waals surface area contributed by atoms with Crippen LogP contribution in [0, 0.1) is 0 Å². The smallest absolute Gasteiger partial charge is 0.334 e. The zero-order chi connectivity index (χ0) is 17.0. The van der Waals surface area contributed by atoms with E-state index in [0.29, 0.717) is 0 Å². The van der Waals surface area contributed by atoms with Gasteiger partial charge in [0.25, 0.3) is 0 Å². The highest BCUT2D eigenvalue weighted by atomic mass is 28.4. The van der Waals surface area contributed by atoms with Gasteiger partial charge in [-0.25, -0.2) is 0 Å². The van der Waals surface area contributed by atoms with Crippen LogP contribution < -0.4 is 0 Å². The van der Waals surface area contributed by atoms with E-state index in [-0.39, 0.29) is 0 Å². The minimum atomic E-state index is -1.91. The Morgan fingerprint density at radius 2 is 1.09 bits per heavy atom. The molecule has 0 N–H and O–H groups in total. The van der Waals surface area contributed by atoms with E-state index in [9.17, 15) is 0 Å². The average molecular weight is 334 g/mol. The number of hydrogen-bond donors (Lipinski definition) is 0. The number of nitrogens with zero attached hydrogens (tertiary/aromatic N) is 3. The second kappa shape index (κ2) is 12.4. The van der Waals surface area contributed by atoms with Crippen molar-refractivity contribution in [3.05, 3.63) is 0 Å². The van der Waals surface area contributed by atoms with Crippen molar-refractivity contribution in [3.63, 3.8) is 0 Å². The predicted molar refractivity (Wildman–Crippen MR) is 97.8 cm³/mol. The van der Waals surface area contributed by atoms with E-state index in [1.165, 1.54) is 25.9 Å². The molecule has 0 heterocycles. The molecule has 5 nitrogen and oxygen atoms in total. The van der Waals surface area contributed by atoms with Crippen LogP contribution in [0.1, 0.15) is 19.3 Å². The molecule has 134 valence electrons. The summed E-state index contributed by atoms with van der Waals surface area (Å²) in [6.07, 6.45) is 3.63. The molecule has 0 saturated heterocycles. The zero-order valence-corrected chi connectivity index (χ0v) is 17.0.